The summed E-state index contributed by atoms with van der Waals surface area (Å²) in [5.74, 6) is -0.0407. The summed E-state index contributed by atoms with van der Waals surface area (Å²) in [6.45, 7) is 1.48. The van der Waals surface area contributed by atoms with E-state index in [4.69, 9.17) is 23.2 Å². The Bertz CT molecular complexity index is 313. The van der Waals surface area contributed by atoms with E-state index >= 15 is 0 Å². The van der Waals surface area contributed by atoms with Crippen molar-refractivity contribution < 1.29 is 4.79 Å². The average Bonchev–Trinajstić information content (AvgIpc) is 1.82. The van der Waals surface area contributed by atoms with Crippen LogP contribution in [0.1, 0.15) is 17.3 Å². The lowest BCUT2D eigenvalue weighted by Crippen LogP contribution is -1.97. The number of hydrogen-bond donors (Lipinski definition) is 0. The van der Waals surface area contributed by atoms with Gasteiger partial charge in [0.2, 0.25) is 0 Å². The molecule has 0 fully saturated rings. The average molecular weight is 315 g/mol. The quantitative estimate of drug-likeness (QED) is 0.569. The zero-order valence-corrected chi connectivity index (χ0v) is 9.87. The molecular weight excluding hydrogens is 310 g/mol. The highest BCUT2D eigenvalue weighted by Gasteiger charge is 2.10. The molecule has 0 heterocycles. The highest BCUT2D eigenvalue weighted by molar-refractivity contribution is 14.1. The van der Waals surface area contributed by atoms with Crippen LogP contribution in [0, 0.1) is 3.57 Å². The van der Waals surface area contributed by atoms with Crippen LogP contribution in [0.5, 0.6) is 0 Å². The van der Waals surface area contributed by atoms with Gasteiger partial charge in [-0.2, -0.15) is 0 Å². The molecule has 0 aliphatic heterocycles. The minimum absolute atomic E-state index is 0.0407. The highest BCUT2D eigenvalue weighted by atomic mass is 127. The first-order chi connectivity index (χ1) is 5.52. The number of rotatable bonds is 1. The molecule has 0 aliphatic rings. The molecule has 0 amide bonds. The molecule has 0 atom stereocenters. The summed E-state index contributed by atoms with van der Waals surface area (Å²) in [6.07, 6.45) is 0. The molecule has 12 heavy (non-hydrogen) atoms. The molecule has 1 nitrogen and oxygen atoms in total. The second-order valence-electron chi connectivity index (χ2n) is 2.30. The van der Waals surface area contributed by atoms with Crippen molar-refractivity contribution in [1.29, 1.82) is 0 Å². The van der Waals surface area contributed by atoms with E-state index in [1.54, 1.807) is 12.1 Å². The summed E-state index contributed by atoms with van der Waals surface area (Å²) in [5.41, 5.74) is 0.543. The van der Waals surface area contributed by atoms with E-state index in [9.17, 15) is 4.79 Å². The van der Waals surface area contributed by atoms with Gasteiger partial charge in [-0.15, -0.1) is 0 Å². The molecule has 0 bridgehead atoms. The van der Waals surface area contributed by atoms with Gasteiger partial charge in [-0.25, -0.2) is 0 Å². The van der Waals surface area contributed by atoms with Crippen molar-refractivity contribution in [3.8, 4) is 0 Å². The first-order valence-corrected chi connectivity index (χ1v) is 5.01. The second-order valence-corrected chi connectivity index (χ2v) is 4.31. The van der Waals surface area contributed by atoms with Gasteiger partial charge in [0, 0.05) is 14.2 Å². The van der Waals surface area contributed by atoms with Gasteiger partial charge < -0.3 is 0 Å². The predicted octanol–water partition coefficient (Wildman–Crippen LogP) is 3.80. The Hall–Kier alpha value is 0.200. The lowest BCUT2D eigenvalue weighted by Gasteiger charge is -2.03. The summed E-state index contributed by atoms with van der Waals surface area (Å²) < 4.78 is 0.789. The van der Waals surface area contributed by atoms with Crippen LogP contribution in [0.2, 0.25) is 10.0 Å². The number of halogens is 3. The number of benzene rings is 1. The smallest absolute Gasteiger partial charge is 0.162 e. The Morgan fingerprint density at radius 1 is 1.42 bits per heavy atom. The minimum Gasteiger partial charge on any atom is -0.294 e. The summed E-state index contributed by atoms with van der Waals surface area (Å²) in [5, 5.41) is 0.966. The second kappa shape index (κ2) is 3.94. The van der Waals surface area contributed by atoms with Crippen molar-refractivity contribution in [2.75, 3.05) is 0 Å². The van der Waals surface area contributed by atoms with E-state index in [0.717, 1.165) is 3.57 Å². The van der Waals surface area contributed by atoms with Crippen molar-refractivity contribution in [3.05, 3.63) is 31.3 Å². The number of Topliss-reactive ketones (excluding diaryl/α,β-unsaturated/α-hetero) is 1. The fourth-order valence-electron chi connectivity index (χ4n) is 0.879. The van der Waals surface area contributed by atoms with Crippen molar-refractivity contribution >= 4 is 51.6 Å². The van der Waals surface area contributed by atoms with Crippen LogP contribution in [0.15, 0.2) is 12.1 Å². The van der Waals surface area contributed by atoms with Crippen LogP contribution in [-0.4, -0.2) is 5.78 Å². The molecule has 64 valence electrons. The molecule has 0 N–H and O–H groups in total. The minimum atomic E-state index is -0.0407. The van der Waals surface area contributed by atoms with E-state index in [-0.39, 0.29) is 5.78 Å². The third-order valence-corrected chi connectivity index (χ3v) is 2.73. The predicted molar refractivity (Wildman–Crippen MR) is 59.2 cm³/mol. The Balaban J connectivity index is 3.38. The van der Waals surface area contributed by atoms with E-state index in [0.29, 0.717) is 15.6 Å². The third-order valence-electron chi connectivity index (χ3n) is 1.36. The van der Waals surface area contributed by atoms with Gasteiger partial charge in [-0.3, -0.25) is 4.79 Å². The molecular formula is C8H5Cl2IO. The van der Waals surface area contributed by atoms with E-state index in [2.05, 4.69) is 0 Å². The summed E-state index contributed by atoms with van der Waals surface area (Å²) >= 11 is 13.6. The molecule has 0 radical (unpaired) electrons. The molecule has 1 aromatic rings. The fourth-order valence-corrected chi connectivity index (χ4v) is 2.85. The first-order valence-electron chi connectivity index (χ1n) is 3.18. The first kappa shape index (κ1) is 10.3. The summed E-state index contributed by atoms with van der Waals surface area (Å²) in [4.78, 5) is 11.1. The van der Waals surface area contributed by atoms with E-state index in [1.165, 1.54) is 6.92 Å². The fraction of sp³-hybridized carbons (Fsp3) is 0.125. The highest BCUT2D eigenvalue weighted by Crippen LogP contribution is 2.26. The van der Waals surface area contributed by atoms with Crippen LogP contribution in [0.25, 0.3) is 0 Å². The zero-order valence-electron chi connectivity index (χ0n) is 6.20. The monoisotopic (exact) mass is 314 g/mol. The topological polar surface area (TPSA) is 17.1 Å². The SMILES string of the molecule is CC(=O)c1c(Cl)cc(Cl)cc1I. The Morgan fingerprint density at radius 3 is 2.42 bits per heavy atom. The Labute approximate surface area is 94.2 Å². The maximum atomic E-state index is 11.1. The largest absolute Gasteiger partial charge is 0.294 e. The van der Waals surface area contributed by atoms with Gasteiger partial charge in [-0.05, 0) is 41.6 Å². The third kappa shape index (κ3) is 2.12. The molecule has 0 aromatic heterocycles. The Kier molecular flexibility index (Phi) is 3.37. The number of ketones is 1. The van der Waals surface area contributed by atoms with Gasteiger partial charge >= 0.3 is 0 Å². The van der Waals surface area contributed by atoms with Crippen molar-refractivity contribution in [1.82, 2.24) is 0 Å². The van der Waals surface area contributed by atoms with Crippen molar-refractivity contribution in [2.45, 2.75) is 6.92 Å². The lowest BCUT2D eigenvalue weighted by atomic mass is 10.1. The van der Waals surface area contributed by atoms with Gasteiger partial charge in [-0.1, -0.05) is 23.2 Å². The molecule has 0 aliphatic carbocycles. The lowest BCUT2D eigenvalue weighted by molar-refractivity contribution is 0.101. The number of carbonyl (C=O) groups excluding carboxylic acids is 1. The molecule has 4 heteroatoms. The maximum Gasteiger partial charge on any atom is 0.162 e. The van der Waals surface area contributed by atoms with Crippen LogP contribution in [0.3, 0.4) is 0 Å². The molecule has 0 saturated carbocycles. The molecule has 1 aromatic carbocycles. The Morgan fingerprint density at radius 2 is 2.00 bits per heavy atom. The van der Waals surface area contributed by atoms with Crippen LogP contribution in [0.4, 0.5) is 0 Å². The number of carbonyl (C=O) groups is 1. The summed E-state index contributed by atoms with van der Waals surface area (Å²) in [6, 6.07) is 3.28. The number of hydrogen-bond acceptors (Lipinski definition) is 1. The van der Waals surface area contributed by atoms with Gasteiger partial charge in [0.25, 0.3) is 0 Å². The maximum absolute atomic E-state index is 11.1. The van der Waals surface area contributed by atoms with E-state index < -0.39 is 0 Å². The van der Waals surface area contributed by atoms with Crippen molar-refractivity contribution in [3.63, 3.8) is 0 Å². The van der Waals surface area contributed by atoms with Gasteiger partial charge in [0.15, 0.2) is 5.78 Å². The molecule has 0 spiro atoms. The van der Waals surface area contributed by atoms with Crippen LogP contribution >= 0.6 is 45.8 Å². The molecule has 0 saturated heterocycles. The molecule has 1 rings (SSSR count). The van der Waals surface area contributed by atoms with E-state index in [1.807, 2.05) is 22.6 Å². The van der Waals surface area contributed by atoms with Crippen molar-refractivity contribution in [2.24, 2.45) is 0 Å². The normalized spacial score (nSPS) is 10.0. The molecule has 0 unspecified atom stereocenters. The van der Waals surface area contributed by atoms with Gasteiger partial charge in [0.05, 0.1) is 5.02 Å². The standard InChI is InChI=1S/C8H5Cl2IO/c1-4(12)8-6(10)2-5(9)3-7(8)11/h2-3H,1H3. The van der Waals surface area contributed by atoms with Crippen LogP contribution in [-0.2, 0) is 0 Å². The van der Waals surface area contributed by atoms with Crippen LogP contribution < -0.4 is 0 Å². The summed E-state index contributed by atoms with van der Waals surface area (Å²) in [7, 11) is 0. The zero-order chi connectivity index (χ0) is 9.30. The van der Waals surface area contributed by atoms with Gasteiger partial charge in [0.1, 0.15) is 0 Å².